The van der Waals surface area contributed by atoms with Crippen LogP contribution in [0.5, 0.6) is 0 Å². The monoisotopic (exact) mass is 266 g/mol. The molecule has 0 unspecified atom stereocenters. The van der Waals surface area contributed by atoms with Crippen molar-refractivity contribution in [1.82, 2.24) is 9.97 Å². The molecular formula is C14H26N4O. The summed E-state index contributed by atoms with van der Waals surface area (Å²) in [5, 5.41) is 6.68. The van der Waals surface area contributed by atoms with Gasteiger partial charge in [-0.1, -0.05) is 20.8 Å². The Morgan fingerprint density at radius 1 is 1.11 bits per heavy atom. The molecule has 0 aliphatic carbocycles. The number of hydrogen-bond acceptors (Lipinski definition) is 5. The maximum absolute atomic E-state index is 5.05. The fourth-order valence-electron chi connectivity index (χ4n) is 1.65. The quantitative estimate of drug-likeness (QED) is 0.709. The molecule has 0 aliphatic heterocycles. The first-order chi connectivity index (χ1) is 9.10. The number of hydrogen-bond donors (Lipinski definition) is 2. The van der Waals surface area contributed by atoms with Crippen LogP contribution in [0.2, 0.25) is 0 Å². The maximum atomic E-state index is 5.05. The van der Waals surface area contributed by atoms with Gasteiger partial charge in [0.25, 0.3) is 0 Å². The zero-order chi connectivity index (χ0) is 14.3. The van der Waals surface area contributed by atoms with E-state index in [1.165, 1.54) is 0 Å². The molecule has 2 N–H and O–H groups in total. The number of nitrogens with zero attached hydrogens (tertiary/aromatic N) is 2. The number of rotatable bonds is 8. The molecule has 0 saturated carbocycles. The Morgan fingerprint density at radius 2 is 1.68 bits per heavy atom. The third kappa shape index (κ3) is 4.67. The van der Waals surface area contributed by atoms with E-state index in [2.05, 4.69) is 41.4 Å². The normalized spacial score (nSPS) is 10.8. The molecule has 0 aromatic carbocycles. The third-order valence-electron chi connectivity index (χ3n) is 2.82. The van der Waals surface area contributed by atoms with E-state index in [9.17, 15) is 0 Å². The minimum atomic E-state index is 0.311. The smallest absolute Gasteiger partial charge is 0.135 e. The van der Waals surface area contributed by atoms with E-state index in [-0.39, 0.29) is 0 Å². The van der Waals surface area contributed by atoms with Crippen molar-refractivity contribution in [2.24, 2.45) is 0 Å². The van der Waals surface area contributed by atoms with Gasteiger partial charge in [-0.2, -0.15) is 0 Å². The van der Waals surface area contributed by atoms with Crippen molar-refractivity contribution >= 4 is 11.6 Å². The van der Waals surface area contributed by atoms with E-state index in [4.69, 9.17) is 4.74 Å². The first-order valence-electron chi connectivity index (χ1n) is 6.95. The number of aromatic nitrogens is 2. The van der Waals surface area contributed by atoms with E-state index >= 15 is 0 Å². The highest BCUT2D eigenvalue weighted by molar-refractivity contribution is 5.57. The molecule has 19 heavy (non-hydrogen) atoms. The molecule has 0 spiro atoms. The van der Waals surface area contributed by atoms with Crippen LogP contribution in [-0.4, -0.2) is 36.8 Å². The molecular weight excluding hydrogens is 240 g/mol. The predicted molar refractivity (Wildman–Crippen MR) is 80.0 cm³/mol. The largest absolute Gasteiger partial charge is 0.383 e. The van der Waals surface area contributed by atoms with Crippen LogP contribution in [0, 0.1) is 6.92 Å². The molecule has 108 valence electrons. The molecule has 0 amide bonds. The van der Waals surface area contributed by atoms with Gasteiger partial charge in [-0.05, 0) is 13.3 Å². The first-order valence-corrected chi connectivity index (χ1v) is 6.95. The first kappa shape index (κ1) is 15.7. The SMILES string of the molecule is CCCNc1nc(C(C)C)nc(NCCOC)c1C. The summed E-state index contributed by atoms with van der Waals surface area (Å²) in [5.74, 6) is 3.00. The molecule has 0 aliphatic rings. The summed E-state index contributed by atoms with van der Waals surface area (Å²) in [6, 6.07) is 0. The van der Waals surface area contributed by atoms with E-state index in [0.717, 1.165) is 42.5 Å². The molecule has 1 aromatic heterocycles. The topological polar surface area (TPSA) is 59.1 Å². The van der Waals surface area contributed by atoms with E-state index in [0.29, 0.717) is 12.5 Å². The Morgan fingerprint density at radius 3 is 2.16 bits per heavy atom. The zero-order valence-corrected chi connectivity index (χ0v) is 12.7. The second-order valence-electron chi connectivity index (χ2n) is 4.91. The summed E-state index contributed by atoms with van der Waals surface area (Å²) in [5.41, 5.74) is 1.06. The minimum absolute atomic E-state index is 0.311. The lowest BCUT2D eigenvalue weighted by molar-refractivity contribution is 0.210. The Balaban J connectivity index is 2.95. The van der Waals surface area contributed by atoms with Gasteiger partial charge in [0.15, 0.2) is 0 Å². The molecule has 0 atom stereocenters. The van der Waals surface area contributed by atoms with Crippen molar-refractivity contribution in [3.8, 4) is 0 Å². The second kappa shape index (κ2) is 7.94. The van der Waals surface area contributed by atoms with Gasteiger partial charge in [0.2, 0.25) is 0 Å². The predicted octanol–water partition coefficient (Wildman–Crippen LogP) is 2.79. The van der Waals surface area contributed by atoms with Crippen LogP contribution in [0.25, 0.3) is 0 Å². The van der Waals surface area contributed by atoms with Crippen LogP contribution in [0.4, 0.5) is 11.6 Å². The summed E-state index contributed by atoms with van der Waals surface area (Å²) < 4.78 is 5.05. The van der Waals surface area contributed by atoms with Crippen molar-refractivity contribution in [2.75, 3.05) is 37.4 Å². The van der Waals surface area contributed by atoms with Crippen LogP contribution >= 0.6 is 0 Å². The van der Waals surface area contributed by atoms with Crippen LogP contribution in [-0.2, 0) is 4.74 Å². The maximum Gasteiger partial charge on any atom is 0.135 e. The fourth-order valence-corrected chi connectivity index (χ4v) is 1.65. The van der Waals surface area contributed by atoms with Gasteiger partial charge in [0, 0.05) is 31.7 Å². The summed E-state index contributed by atoms with van der Waals surface area (Å²) in [6.07, 6.45) is 1.08. The Labute approximate surface area is 116 Å². The molecule has 1 heterocycles. The van der Waals surface area contributed by atoms with E-state index < -0.39 is 0 Å². The molecule has 1 rings (SSSR count). The van der Waals surface area contributed by atoms with Crippen molar-refractivity contribution in [3.05, 3.63) is 11.4 Å². The van der Waals surface area contributed by atoms with Crippen molar-refractivity contribution in [1.29, 1.82) is 0 Å². The summed E-state index contributed by atoms with van der Waals surface area (Å²) in [7, 11) is 1.70. The van der Waals surface area contributed by atoms with Gasteiger partial charge >= 0.3 is 0 Å². The van der Waals surface area contributed by atoms with Gasteiger partial charge in [-0.3, -0.25) is 0 Å². The van der Waals surface area contributed by atoms with Crippen LogP contribution < -0.4 is 10.6 Å². The lowest BCUT2D eigenvalue weighted by atomic mass is 10.2. The lowest BCUT2D eigenvalue weighted by Crippen LogP contribution is -2.15. The standard InChI is InChI=1S/C14H26N4O/c1-6-7-15-13-11(4)14(16-8-9-19-5)18-12(17-13)10(2)3/h10H,6-9H2,1-5H3,(H2,15,16,17,18). The second-order valence-corrected chi connectivity index (χ2v) is 4.91. The van der Waals surface area contributed by atoms with Crippen molar-refractivity contribution < 1.29 is 4.74 Å². The Hall–Kier alpha value is -1.36. The van der Waals surface area contributed by atoms with Crippen LogP contribution in [0.1, 0.15) is 44.5 Å². The summed E-state index contributed by atoms with van der Waals surface area (Å²) in [4.78, 5) is 9.20. The summed E-state index contributed by atoms with van der Waals surface area (Å²) in [6.45, 7) is 10.7. The average molecular weight is 266 g/mol. The Kier molecular flexibility index (Phi) is 6.56. The van der Waals surface area contributed by atoms with Gasteiger partial charge < -0.3 is 15.4 Å². The molecule has 1 aromatic rings. The highest BCUT2D eigenvalue weighted by atomic mass is 16.5. The highest BCUT2D eigenvalue weighted by Gasteiger charge is 2.12. The van der Waals surface area contributed by atoms with Gasteiger partial charge in [0.1, 0.15) is 17.5 Å². The molecule has 0 saturated heterocycles. The molecule has 0 radical (unpaired) electrons. The van der Waals surface area contributed by atoms with Crippen LogP contribution in [0.3, 0.4) is 0 Å². The molecule has 5 heteroatoms. The highest BCUT2D eigenvalue weighted by Crippen LogP contribution is 2.22. The number of ether oxygens (including phenoxy) is 1. The fraction of sp³-hybridized carbons (Fsp3) is 0.714. The number of anilines is 2. The van der Waals surface area contributed by atoms with Gasteiger partial charge in [-0.25, -0.2) is 9.97 Å². The zero-order valence-electron chi connectivity index (χ0n) is 12.7. The lowest BCUT2D eigenvalue weighted by Gasteiger charge is -2.16. The molecule has 0 fully saturated rings. The van der Waals surface area contributed by atoms with Crippen molar-refractivity contribution in [2.45, 2.75) is 40.0 Å². The van der Waals surface area contributed by atoms with Crippen molar-refractivity contribution in [3.63, 3.8) is 0 Å². The van der Waals surface area contributed by atoms with E-state index in [1.807, 2.05) is 6.92 Å². The summed E-state index contributed by atoms with van der Waals surface area (Å²) >= 11 is 0. The molecule has 5 nitrogen and oxygen atoms in total. The third-order valence-corrected chi connectivity index (χ3v) is 2.82. The molecule has 0 bridgehead atoms. The number of methoxy groups -OCH3 is 1. The van der Waals surface area contributed by atoms with Crippen LogP contribution in [0.15, 0.2) is 0 Å². The van der Waals surface area contributed by atoms with Gasteiger partial charge in [-0.15, -0.1) is 0 Å². The average Bonchev–Trinajstić information content (AvgIpc) is 2.39. The van der Waals surface area contributed by atoms with E-state index in [1.54, 1.807) is 7.11 Å². The van der Waals surface area contributed by atoms with Gasteiger partial charge in [0.05, 0.1) is 6.61 Å². The Bertz CT molecular complexity index is 393. The number of nitrogens with one attached hydrogen (secondary N) is 2. The minimum Gasteiger partial charge on any atom is -0.383 e.